The molecular weight excluding hydrogens is 230 g/mol. The summed E-state index contributed by atoms with van der Waals surface area (Å²) in [5.41, 5.74) is 7.36. The molecule has 1 aromatic carbocycles. The predicted molar refractivity (Wildman–Crippen MR) is 71.0 cm³/mol. The number of aliphatic hydroxyl groups is 1. The van der Waals surface area contributed by atoms with Crippen LogP contribution in [-0.4, -0.2) is 35.3 Å². The Labute approximate surface area is 107 Å². The number of aliphatic hydroxyl groups excluding tert-OH is 1. The van der Waals surface area contributed by atoms with Crippen LogP contribution < -0.4 is 10.6 Å². The quantitative estimate of drug-likeness (QED) is 0.316. The van der Waals surface area contributed by atoms with Crippen molar-refractivity contribution in [1.82, 2.24) is 0 Å². The number of nitrogens with zero attached hydrogens (tertiary/aromatic N) is 2. The Morgan fingerprint density at radius 2 is 2.17 bits per heavy atom. The second-order valence-electron chi connectivity index (χ2n) is 4.78. The van der Waals surface area contributed by atoms with Crippen LogP contribution in [0.4, 0.5) is 5.69 Å². The summed E-state index contributed by atoms with van der Waals surface area (Å²) in [5.74, 6) is 0.337. The summed E-state index contributed by atoms with van der Waals surface area (Å²) >= 11 is 0. The number of hydrogen-bond donors (Lipinski definition) is 3. The number of hydrogen-bond acceptors (Lipinski definition) is 4. The molecule has 0 aromatic heterocycles. The fourth-order valence-electron chi connectivity index (χ4n) is 2.37. The molecule has 1 aliphatic rings. The van der Waals surface area contributed by atoms with Gasteiger partial charge in [0, 0.05) is 24.3 Å². The van der Waals surface area contributed by atoms with Gasteiger partial charge in [0.25, 0.3) is 0 Å². The molecule has 0 spiro atoms. The highest BCUT2D eigenvalue weighted by Gasteiger charge is 2.25. The van der Waals surface area contributed by atoms with Gasteiger partial charge in [0.1, 0.15) is 0 Å². The highest BCUT2D eigenvalue weighted by molar-refractivity contribution is 6.02. The van der Waals surface area contributed by atoms with Gasteiger partial charge in [-0.2, -0.15) is 0 Å². The minimum Gasteiger partial charge on any atom is -0.409 e. The summed E-state index contributed by atoms with van der Waals surface area (Å²) in [6.07, 6.45) is 0.503. The maximum Gasteiger partial charge on any atom is 0.172 e. The molecule has 0 aliphatic carbocycles. The van der Waals surface area contributed by atoms with Crippen LogP contribution in [0, 0.1) is 5.92 Å². The molecule has 2 rings (SSSR count). The molecule has 1 aromatic rings. The fourth-order valence-corrected chi connectivity index (χ4v) is 2.37. The van der Waals surface area contributed by atoms with Gasteiger partial charge in [0.05, 0.1) is 6.10 Å². The smallest absolute Gasteiger partial charge is 0.172 e. The summed E-state index contributed by atoms with van der Waals surface area (Å²) in [4.78, 5) is 2.17. The molecule has 0 saturated carbocycles. The second kappa shape index (κ2) is 5.27. The van der Waals surface area contributed by atoms with Gasteiger partial charge < -0.3 is 20.9 Å². The lowest BCUT2D eigenvalue weighted by molar-refractivity contribution is 0.0971. The van der Waals surface area contributed by atoms with Crippen LogP contribution in [0.1, 0.15) is 18.9 Å². The maximum atomic E-state index is 9.75. The van der Waals surface area contributed by atoms with E-state index in [-0.39, 0.29) is 17.9 Å². The van der Waals surface area contributed by atoms with E-state index in [1.807, 2.05) is 31.2 Å². The minimum absolute atomic E-state index is 0.115. The standard InChI is InChI=1S/C13H19N3O2/c1-9-8-16(7-6-12(9)17)11-5-3-2-4-10(11)13(14)15-18/h2-5,9,12,17-18H,6-8H2,1H3,(H2,14,15). The first-order chi connectivity index (χ1) is 8.63. The van der Waals surface area contributed by atoms with Gasteiger partial charge in [-0.25, -0.2) is 0 Å². The Morgan fingerprint density at radius 3 is 2.83 bits per heavy atom. The van der Waals surface area contributed by atoms with Gasteiger partial charge in [-0.3, -0.25) is 0 Å². The molecule has 4 N–H and O–H groups in total. The van der Waals surface area contributed by atoms with E-state index in [0.29, 0.717) is 0 Å². The lowest BCUT2D eigenvalue weighted by atomic mass is 9.95. The molecule has 0 amide bonds. The number of anilines is 1. The van der Waals surface area contributed by atoms with Crippen molar-refractivity contribution in [2.24, 2.45) is 16.8 Å². The van der Waals surface area contributed by atoms with Crippen molar-refractivity contribution in [3.8, 4) is 0 Å². The molecule has 1 saturated heterocycles. The average molecular weight is 249 g/mol. The van der Waals surface area contributed by atoms with Crippen molar-refractivity contribution >= 4 is 11.5 Å². The van der Waals surface area contributed by atoms with E-state index in [4.69, 9.17) is 10.9 Å². The van der Waals surface area contributed by atoms with Crippen LogP contribution in [0.15, 0.2) is 29.4 Å². The van der Waals surface area contributed by atoms with E-state index in [1.165, 1.54) is 0 Å². The van der Waals surface area contributed by atoms with E-state index in [1.54, 1.807) is 0 Å². The second-order valence-corrected chi connectivity index (χ2v) is 4.78. The zero-order chi connectivity index (χ0) is 13.1. The minimum atomic E-state index is -0.239. The lowest BCUT2D eigenvalue weighted by Crippen LogP contribution is -2.42. The third-order valence-electron chi connectivity index (χ3n) is 3.49. The normalized spacial score (nSPS) is 25.2. The third-order valence-corrected chi connectivity index (χ3v) is 3.49. The molecular formula is C13H19N3O2. The average Bonchev–Trinajstić information content (AvgIpc) is 2.41. The number of para-hydroxylation sites is 1. The Kier molecular flexibility index (Phi) is 3.72. The van der Waals surface area contributed by atoms with Crippen molar-refractivity contribution in [3.63, 3.8) is 0 Å². The van der Waals surface area contributed by atoms with Crippen molar-refractivity contribution in [2.75, 3.05) is 18.0 Å². The first kappa shape index (κ1) is 12.7. The van der Waals surface area contributed by atoms with Crippen molar-refractivity contribution in [1.29, 1.82) is 0 Å². The topological polar surface area (TPSA) is 82.1 Å². The van der Waals surface area contributed by atoms with Crippen LogP contribution >= 0.6 is 0 Å². The first-order valence-electron chi connectivity index (χ1n) is 6.13. The molecule has 2 atom stereocenters. The van der Waals surface area contributed by atoms with Gasteiger partial charge in [0.2, 0.25) is 0 Å². The number of rotatable bonds is 2. The molecule has 1 heterocycles. The molecule has 98 valence electrons. The molecule has 1 aliphatic heterocycles. The largest absolute Gasteiger partial charge is 0.409 e. The van der Waals surface area contributed by atoms with Crippen molar-refractivity contribution in [3.05, 3.63) is 29.8 Å². The maximum absolute atomic E-state index is 9.75. The van der Waals surface area contributed by atoms with Gasteiger partial charge in [-0.1, -0.05) is 24.2 Å². The number of amidine groups is 1. The highest BCUT2D eigenvalue weighted by Crippen LogP contribution is 2.26. The Morgan fingerprint density at radius 1 is 1.44 bits per heavy atom. The van der Waals surface area contributed by atoms with E-state index in [0.717, 1.165) is 30.8 Å². The molecule has 0 radical (unpaired) electrons. The molecule has 0 bridgehead atoms. The van der Waals surface area contributed by atoms with Crippen LogP contribution in [0.25, 0.3) is 0 Å². The number of piperidine rings is 1. The fraction of sp³-hybridized carbons (Fsp3) is 0.462. The molecule has 5 heteroatoms. The molecule has 1 fully saturated rings. The van der Waals surface area contributed by atoms with E-state index >= 15 is 0 Å². The van der Waals surface area contributed by atoms with Gasteiger partial charge in [0.15, 0.2) is 5.84 Å². The number of nitrogens with two attached hydrogens (primary N) is 1. The Bertz CT molecular complexity index is 448. The summed E-state index contributed by atoms with van der Waals surface area (Å²) in [6, 6.07) is 7.58. The number of oxime groups is 1. The molecule has 2 unspecified atom stereocenters. The zero-order valence-electron chi connectivity index (χ0n) is 10.5. The van der Waals surface area contributed by atoms with Gasteiger partial charge in [-0.15, -0.1) is 0 Å². The van der Waals surface area contributed by atoms with Crippen LogP contribution in [0.2, 0.25) is 0 Å². The van der Waals surface area contributed by atoms with Crippen LogP contribution in [-0.2, 0) is 0 Å². The van der Waals surface area contributed by atoms with E-state index in [9.17, 15) is 5.11 Å². The monoisotopic (exact) mass is 249 g/mol. The molecule has 18 heavy (non-hydrogen) atoms. The summed E-state index contributed by atoms with van der Waals surface area (Å²) in [5, 5.41) is 21.6. The first-order valence-corrected chi connectivity index (χ1v) is 6.13. The summed E-state index contributed by atoms with van der Waals surface area (Å²) < 4.78 is 0. The predicted octanol–water partition coefficient (Wildman–Crippen LogP) is 0.988. The SMILES string of the molecule is CC1CN(c2ccccc2/C(N)=N/O)CCC1O. The van der Waals surface area contributed by atoms with Crippen molar-refractivity contribution in [2.45, 2.75) is 19.4 Å². The zero-order valence-corrected chi connectivity index (χ0v) is 10.5. The lowest BCUT2D eigenvalue weighted by Gasteiger charge is -2.36. The third kappa shape index (κ3) is 2.41. The van der Waals surface area contributed by atoms with E-state index in [2.05, 4.69) is 10.1 Å². The van der Waals surface area contributed by atoms with Gasteiger partial charge in [-0.05, 0) is 24.5 Å². The molecule has 5 nitrogen and oxygen atoms in total. The Balaban J connectivity index is 2.28. The van der Waals surface area contributed by atoms with Crippen LogP contribution in [0.3, 0.4) is 0 Å². The van der Waals surface area contributed by atoms with Gasteiger partial charge >= 0.3 is 0 Å². The summed E-state index contributed by atoms with van der Waals surface area (Å²) in [7, 11) is 0. The van der Waals surface area contributed by atoms with E-state index < -0.39 is 0 Å². The number of benzene rings is 1. The highest BCUT2D eigenvalue weighted by atomic mass is 16.4. The van der Waals surface area contributed by atoms with Crippen molar-refractivity contribution < 1.29 is 10.3 Å². The Hall–Kier alpha value is -1.75. The van der Waals surface area contributed by atoms with Crippen LogP contribution in [0.5, 0.6) is 0 Å². The summed E-state index contributed by atoms with van der Waals surface area (Å²) in [6.45, 7) is 3.58.